The SMILES string of the molecule is Cc1cc(C)c(-n2c3ccccc3c3c(-c4cnnn4N)nc(C)nc32)c(C)c1. The lowest BCUT2D eigenvalue weighted by atomic mass is 10.0. The predicted molar refractivity (Wildman–Crippen MR) is 114 cm³/mol. The molecule has 3 heterocycles. The zero-order chi connectivity index (χ0) is 20.3. The molecule has 3 aromatic heterocycles. The van der Waals surface area contributed by atoms with Gasteiger partial charge in [-0.3, -0.25) is 4.57 Å². The van der Waals surface area contributed by atoms with Crippen LogP contribution in [0.15, 0.2) is 42.6 Å². The maximum absolute atomic E-state index is 6.02. The summed E-state index contributed by atoms with van der Waals surface area (Å²) in [5.74, 6) is 6.68. The van der Waals surface area contributed by atoms with Crippen LogP contribution in [-0.2, 0) is 0 Å². The van der Waals surface area contributed by atoms with Crippen LogP contribution in [0.2, 0.25) is 0 Å². The summed E-state index contributed by atoms with van der Waals surface area (Å²) in [6, 6.07) is 12.7. The van der Waals surface area contributed by atoms with Gasteiger partial charge >= 0.3 is 0 Å². The largest absolute Gasteiger partial charge is 0.321 e. The first-order valence-corrected chi connectivity index (χ1v) is 9.48. The van der Waals surface area contributed by atoms with Gasteiger partial charge in [-0.1, -0.05) is 35.9 Å². The number of aryl methyl sites for hydroxylation is 4. The zero-order valence-corrected chi connectivity index (χ0v) is 16.8. The second kappa shape index (κ2) is 6.13. The minimum Gasteiger partial charge on any atom is -0.321 e. The fourth-order valence-corrected chi connectivity index (χ4v) is 4.31. The van der Waals surface area contributed by atoms with Crippen LogP contribution in [0.25, 0.3) is 39.0 Å². The Hall–Kier alpha value is -3.74. The number of nitrogens with zero attached hydrogens (tertiary/aromatic N) is 6. The van der Waals surface area contributed by atoms with Gasteiger partial charge in [0.15, 0.2) is 0 Å². The number of hydrogen-bond donors (Lipinski definition) is 1. The molecule has 0 aliphatic carbocycles. The van der Waals surface area contributed by atoms with Gasteiger partial charge in [0.05, 0.1) is 22.8 Å². The topological polar surface area (TPSA) is 87.4 Å². The third kappa shape index (κ3) is 2.51. The van der Waals surface area contributed by atoms with Gasteiger partial charge < -0.3 is 5.84 Å². The molecule has 0 amide bonds. The highest BCUT2D eigenvalue weighted by Gasteiger charge is 2.22. The minimum atomic E-state index is 0.653. The highest BCUT2D eigenvalue weighted by molar-refractivity contribution is 6.13. The Labute approximate surface area is 167 Å². The van der Waals surface area contributed by atoms with E-state index < -0.39 is 0 Å². The maximum atomic E-state index is 6.02. The van der Waals surface area contributed by atoms with E-state index in [1.807, 2.05) is 19.1 Å². The number of rotatable bonds is 2. The van der Waals surface area contributed by atoms with Crippen LogP contribution in [0, 0.1) is 27.7 Å². The summed E-state index contributed by atoms with van der Waals surface area (Å²) in [4.78, 5) is 10.8. The summed E-state index contributed by atoms with van der Waals surface area (Å²) in [5.41, 5.74) is 8.11. The van der Waals surface area contributed by atoms with Crippen molar-refractivity contribution >= 4 is 21.9 Å². The third-order valence-electron chi connectivity index (χ3n) is 5.30. The van der Waals surface area contributed by atoms with Gasteiger partial charge in [0.1, 0.15) is 22.9 Å². The van der Waals surface area contributed by atoms with Crippen molar-refractivity contribution in [3.8, 4) is 17.1 Å². The summed E-state index contributed by atoms with van der Waals surface area (Å²) in [6.45, 7) is 8.30. The first kappa shape index (κ1) is 17.4. The molecule has 0 fully saturated rings. The third-order valence-corrected chi connectivity index (χ3v) is 5.30. The number of benzene rings is 2. The molecule has 0 atom stereocenters. The van der Waals surface area contributed by atoms with Gasteiger partial charge in [0.25, 0.3) is 0 Å². The molecule has 0 unspecified atom stereocenters. The number of nitrogens with two attached hydrogens (primary N) is 1. The summed E-state index contributed by atoms with van der Waals surface area (Å²) in [5, 5.41) is 9.84. The number of fused-ring (bicyclic) bond motifs is 3. The van der Waals surface area contributed by atoms with Crippen molar-refractivity contribution in [2.45, 2.75) is 27.7 Å². The van der Waals surface area contributed by atoms with Gasteiger partial charge in [0.2, 0.25) is 0 Å². The highest BCUT2D eigenvalue weighted by Crippen LogP contribution is 2.37. The van der Waals surface area contributed by atoms with Gasteiger partial charge in [-0.05, 0) is 50.1 Å². The van der Waals surface area contributed by atoms with Crippen molar-refractivity contribution in [1.82, 2.24) is 29.6 Å². The van der Waals surface area contributed by atoms with Gasteiger partial charge in [0, 0.05) is 5.39 Å². The van der Waals surface area contributed by atoms with E-state index in [0.717, 1.165) is 33.3 Å². The molecule has 0 saturated carbocycles. The lowest BCUT2D eigenvalue weighted by Crippen LogP contribution is -2.12. The molecule has 29 heavy (non-hydrogen) atoms. The van der Waals surface area contributed by atoms with E-state index in [0.29, 0.717) is 11.5 Å². The van der Waals surface area contributed by atoms with Crippen LogP contribution < -0.4 is 5.84 Å². The first-order chi connectivity index (χ1) is 14.0. The van der Waals surface area contributed by atoms with Crippen molar-refractivity contribution in [2.24, 2.45) is 0 Å². The summed E-state index contributed by atoms with van der Waals surface area (Å²) >= 11 is 0. The van der Waals surface area contributed by atoms with E-state index in [1.54, 1.807) is 6.20 Å². The van der Waals surface area contributed by atoms with Crippen molar-refractivity contribution < 1.29 is 0 Å². The molecular weight excluding hydrogens is 362 g/mol. The van der Waals surface area contributed by atoms with Crippen molar-refractivity contribution in [2.75, 3.05) is 5.84 Å². The smallest absolute Gasteiger partial charge is 0.150 e. The predicted octanol–water partition coefficient (Wildman–Crippen LogP) is 3.78. The monoisotopic (exact) mass is 383 g/mol. The van der Waals surface area contributed by atoms with Crippen LogP contribution >= 0.6 is 0 Å². The molecule has 0 aliphatic heterocycles. The molecule has 2 aromatic carbocycles. The Bertz CT molecular complexity index is 1390. The molecule has 5 rings (SSSR count). The van der Waals surface area contributed by atoms with Crippen LogP contribution in [0.3, 0.4) is 0 Å². The molecule has 7 heteroatoms. The molecule has 0 aliphatic rings. The van der Waals surface area contributed by atoms with Gasteiger partial charge in [-0.15, -0.1) is 5.10 Å². The normalized spacial score (nSPS) is 11.6. The van der Waals surface area contributed by atoms with E-state index in [9.17, 15) is 0 Å². The molecule has 2 N–H and O–H groups in total. The lowest BCUT2D eigenvalue weighted by molar-refractivity contribution is 0.769. The van der Waals surface area contributed by atoms with Crippen LogP contribution in [-0.4, -0.2) is 29.6 Å². The van der Waals surface area contributed by atoms with E-state index in [-0.39, 0.29) is 0 Å². The summed E-state index contributed by atoms with van der Waals surface area (Å²) in [6.07, 6.45) is 1.63. The Balaban J connectivity index is 2.02. The van der Waals surface area contributed by atoms with Crippen molar-refractivity contribution in [1.29, 1.82) is 0 Å². The molecule has 0 bridgehead atoms. The average molecular weight is 383 g/mol. The van der Waals surface area contributed by atoms with Crippen LogP contribution in [0.4, 0.5) is 0 Å². The number of aromatic nitrogens is 6. The summed E-state index contributed by atoms with van der Waals surface area (Å²) in [7, 11) is 0. The maximum Gasteiger partial charge on any atom is 0.150 e. The van der Waals surface area contributed by atoms with Crippen LogP contribution in [0.1, 0.15) is 22.5 Å². The zero-order valence-electron chi connectivity index (χ0n) is 16.8. The number of hydrogen-bond acceptors (Lipinski definition) is 5. The Morgan fingerprint density at radius 2 is 1.66 bits per heavy atom. The molecule has 0 radical (unpaired) electrons. The van der Waals surface area contributed by atoms with E-state index in [1.165, 1.54) is 21.5 Å². The lowest BCUT2D eigenvalue weighted by Gasteiger charge is -2.15. The van der Waals surface area contributed by atoms with Gasteiger partial charge in [-0.2, -0.15) is 4.79 Å². The van der Waals surface area contributed by atoms with Crippen molar-refractivity contribution in [3.63, 3.8) is 0 Å². The second-order valence-electron chi connectivity index (χ2n) is 7.48. The highest BCUT2D eigenvalue weighted by atomic mass is 15.6. The summed E-state index contributed by atoms with van der Waals surface area (Å²) < 4.78 is 2.23. The Morgan fingerprint density at radius 3 is 2.34 bits per heavy atom. The second-order valence-corrected chi connectivity index (χ2v) is 7.48. The quantitative estimate of drug-likeness (QED) is 0.469. The standard InChI is InChI=1S/C22H21N7/c1-12-9-13(2)21(14(3)10-12)28-17-8-6-5-7-16(17)19-20(18-11-24-27-29(18)23)25-15(4)26-22(19)28/h5-11H,23H2,1-4H3. The minimum absolute atomic E-state index is 0.653. The first-order valence-electron chi connectivity index (χ1n) is 9.48. The molecule has 0 spiro atoms. The molecule has 5 aromatic rings. The number of nitrogen functional groups attached to an aromatic ring is 1. The molecular formula is C22H21N7. The van der Waals surface area contributed by atoms with E-state index in [4.69, 9.17) is 15.8 Å². The molecule has 7 nitrogen and oxygen atoms in total. The van der Waals surface area contributed by atoms with E-state index >= 15 is 0 Å². The Kier molecular flexibility index (Phi) is 3.67. The van der Waals surface area contributed by atoms with Crippen LogP contribution in [0.5, 0.6) is 0 Å². The molecule has 0 saturated heterocycles. The fourth-order valence-electron chi connectivity index (χ4n) is 4.31. The molecule has 144 valence electrons. The average Bonchev–Trinajstić information content (AvgIpc) is 3.22. The van der Waals surface area contributed by atoms with Gasteiger partial charge in [-0.25, -0.2) is 9.97 Å². The van der Waals surface area contributed by atoms with Crippen molar-refractivity contribution in [3.05, 3.63) is 65.1 Å². The number of para-hydroxylation sites is 1. The van der Waals surface area contributed by atoms with E-state index in [2.05, 4.69) is 59.9 Å². The Morgan fingerprint density at radius 1 is 0.931 bits per heavy atom. The fraction of sp³-hybridized carbons (Fsp3) is 0.182.